The molecule has 5 heteroatoms. The molecule has 36 heavy (non-hydrogen) atoms. The van der Waals surface area contributed by atoms with Crippen LogP contribution < -0.4 is 0 Å². The normalized spacial score (nSPS) is 10.8. The van der Waals surface area contributed by atoms with Gasteiger partial charge in [-0.1, -0.05) is 84.9 Å². The lowest BCUT2D eigenvalue weighted by molar-refractivity contribution is -0.140. The molecule has 0 spiro atoms. The van der Waals surface area contributed by atoms with E-state index < -0.39 is 0 Å². The van der Waals surface area contributed by atoms with Crippen molar-refractivity contribution in [1.82, 2.24) is 9.55 Å². The van der Waals surface area contributed by atoms with Gasteiger partial charge in [-0.25, -0.2) is 4.98 Å². The molecule has 0 bridgehead atoms. The molecule has 5 nitrogen and oxygen atoms in total. The van der Waals surface area contributed by atoms with E-state index in [4.69, 9.17) is 9.72 Å². The fourth-order valence-corrected chi connectivity index (χ4v) is 4.30. The molecule has 4 aromatic carbocycles. The average Bonchev–Trinajstić information content (AvgIpc) is 3.30. The number of benzene rings is 4. The van der Waals surface area contributed by atoms with Crippen molar-refractivity contribution in [1.29, 1.82) is 0 Å². The molecule has 5 rings (SSSR count). The molecule has 178 valence electrons. The van der Waals surface area contributed by atoms with Crippen LogP contribution in [0.5, 0.6) is 5.75 Å². The number of carbonyl (C=O) groups excluding carboxylic acids is 1. The number of esters is 1. The molecule has 0 unspecified atom stereocenters. The third-order valence-electron chi connectivity index (χ3n) is 6.01. The van der Waals surface area contributed by atoms with Crippen LogP contribution in [0.1, 0.15) is 12.5 Å². The highest BCUT2D eigenvalue weighted by molar-refractivity contribution is 5.85. The van der Waals surface area contributed by atoms with Crippen molar-refractivity contribution in [3.05, 3.63) is 115 Å². The number of carbonyl (C=O) groups is 1. The summed E-state index contributed by atoms with van der Waals surface area (Å²) in [6.45, 7) is 1.76. The lowest BCUT2D eigenvalue weighted by Gasteiger charge is -2.15. The van der Waals surface area contributed by atoms with Gasteiger partial charge in [0.15, 0.2) is 0 Å². The van der Waals surface area contributed by atoms with Crippen molar-refractivity contribution in [3.8, 4) is 45.3 Å². The molecule has 0 aliphatic rings. The summed E-state index contributed by atoms with van der Waals surface area (Å²) in [5.41, 5.74) is 6.41. The van der Waals surface area contributed by atoms with Crippen LogP contribution in [0.25, 0.3) is 39.6 Å². The summed E-state index contributed by atoms with van der Waals surface area (Å²) in [6, 6.07) is 35.6. The number of imidazole rings is 1. The number of aromatic hydroxyl groups is 1. The molecule has 0 aliphatic heterocycles. The summed E-state index contributed by atoms with van der Waals surface area (Å²) in [5, 5.41) is 10.8. The van der Waals surface area contributed by atoms with Gasteiger partial charge in [0.05, 0.1) is 23.6 Å². The van der Waals surface area contributed by atoms with E-state index >= 15 is 0 Å². The van der Waals surface area contributed by atoms with Gasteiger partial charge in [-0.15, -0.1) is 0 Å². The number of aromatic nitrogens is 2. The number of hydrogen-bond acceptors (Lipinski definition) is 4. The first-order valence-corrected chi connectivity index (χ1v) is 11.9. The Labute approximate surface area is 210 Å². The Kier molecular flexibility index (Phi) is 6.63. The van der Waals surface area contributed by atoms with Crippen LogP contribution in [-0.4, -0.2) is 27.2 Å². The van der Waals surface area contributed by atoms with Crippen LogP contribution in [-0.2, 0) is 16.0 Å². The van der Waals surface area contributed by atoms with Crippen LogP contribution in [0.15, 0.2) is 109 Å². The summed E-state index contributed by atoms with van der Waals surface area (Å²) < 4.78 is 7.20. The smallest absolute Gasteiger partial charge is 0.302 e. The molecular weight excluding hydrogens is 448 g/mol. The maximum atomic E-state index is 11.1. The van der Waals surface area contributed by atoms with Crippen molar-refractivity contribution in [3.63, 3.8) is 0 Å². The maximum Gasteiger partial charge on any atom is 0.302 e. The zero-order valence-electron chi connectivity index (χ0n) is 20.0. The monoisotopic (exact) mass is 474 g/mol. The van der Waals surface area contributed by atoms with Gasteiger partial charge in [-0.05, 0) is 29.8 Å². The number of hydrogen-bond donors (Lipinski definition) is 1. The summed E-state index contributed by atoms with van der Waals surface area (Å²) >= 11 is 0. The second-order valence-electron chi connectivity index (χ2n) is 8.47. The SMILES string of the molecule is CC(=O)OCCc1ccc(-n2c(-c3ccccc3O)nc(-c3ccccc3)c2-c2ccccc2)cc1. The van der Waals surface area contributed by atoms with Gasteiger partial charge in [0.25, 0.3) is 0 Å². The Balaban J connectivity index is 1.72. The quantitative estimate of drug-likeness (QED) is 0.267. The Hall–Kier alpha value is -4.64. The molecule has 1 aromatic heterocycles. The molecule has 0 saturated heterocycles. The van der Waals surface area contributed by atoms with Gasteiger partial charge in [-0.3, -0.25) is 9.36 Å². The second kappa shape index (κ2) is 10.3. The van der Waals surface area contributed by atoms with E-state index in [2.05, 4.69) is 16.7 Å². The molecule has 1 N–H and O–H groups in total. The van der Waals surface area contributed by atoms with Gasteiger partial charge in [0.2, 0.25) is 0 Å². The Morgan fingerprint density at radius 2 is 1.42 bits per heavy atom. The molecule has 0 amide bonds. The second-order valence-corrected chi connectivity index (χ2v) is 8.47. The van der Waals surface area contributed by atoms with Gasteiger partial charge >= 0.3 is 5.97 Å². The van der Waals surface area contributed by atoms with Crippen LogP contribution >= 0.6 is 0 Å². The maximum absolute atomic E-state index is 11.1. The van der Waals surface area contributed by atoms with Crippen LogP contribution in [0.3, 0.4) is 0 Å². The van der Waals surface area contributed by atoms with Crippen LogP contribution in [0.2, 0.25) is 0 Å². The first-order valence-electron chi connectivity index (χ1n) is 11.9. The number of ether oxygens (including phenoxy) is 1. The number of nitrogens with zero attached hydrogens (tertiary/aromatic N) is 2. The van der Waals surface area contributed by atoms with Gasteiger partial charge < -0.3 is 9.84 Å². The Morgan fingerprint density at radius 3 is 2.06 bits per heavy atom. The van der Waals surface area contributed by atoms with E-state index in [1.165, 1.54) is 6.92 Å². The number of phenolic OH excluding ortho intramolecular Hbond substituents is 1. The summed E-state index contributed by atoms with van der Waals surface area (Å²) in [7, 11) is 0. The standard InChI is InChI=1S/C31H26N2O3/c1-22(34)36-21-20-23-16-18-26(19-17-23)33-30(25-12-6-3-7-13-25)29(24-10-4-2-5-11-24)32-31(33)27-14-8-9-15-28(27)35/h2-19,35H,20-21H2,1H3. The first kappa shape index (κ1) is 23.1. The minimum atomic E-state index is -0.279. The highest BCUT2D eigenvalue weighted by Crippen LogP contribution is 2.40. The predicted octanol–water partition coefficient (Wildman–Crippen LogP) is 6.68. The number of phenols is 1. The number of para-hydroxylation sites is 1. The van der Waals surface area contributed by atoms with E-state index in [0.717, 1.165) is 33.8 Å². The van der Waals surface area contributed by atoms with Crippen LogP contribution in [0, 0.1) is 0 Å². The zero-order valence-corrected chi connectivity index (χ0v) is 20.0. The summed E-state index contributed by atoms with van der Waals surface area (Å²) in [4.78, 5) is 16.2. The molecule has 0 atom stereocenters. The Morgan fingerprint density at radius 1 is 0.806 bits per heavy atom. The minimum Gasteiger partial charge on any atom is -0.507 e. The van der Waals surface area contributed by atoms with E-state index in [0.29, 0.717) is 24.4 Å². The van der Waals surface area contributed by atoms with E-state index in [9.17, 15) is 9.90 Å². The van der Waals surface area contributed by atoms with Gasteiger partial charge in [0.1, 0.15) is 11.6 Å². The molecule has 1 heterocycles. The third-order valence-corrected chi connectivity index (χ3v) is 6.01. The lowest BCUT2D eigenvalue weighted by Crippen LogP contribution is -2.04. The molecule has 0 radical (unpaired) electrons. The molecule has 0 fully saturated rings. The molecule has 0 aliphatic carbocycles. The zero-order chi connectivity index (χ0) is 24.9. The fourth-order valence-electron chi connectivity index (χ4n) is 4.30. The first-order chi connectivity index (χ1) is 17.6. The summed E-state index contributed by atoms with van der Waals surface area (Å²) in [5.74, 6) is 0.540. The van der Waals surface area contributed by atoms with E-state index in [1.54, 1.807) is 12.1 Å². The predicted molar refractivity (Wildman–Crippen MR) is 142 cm³/mol. The Bertz CT molecular complexity index is 1470. The van der Waals surface area contributed by atoms with Crippen molar-refractivity contribution in [2.75, 3.05) is 6.61 Å². The van der Waals surface area contributed by atoms with Gasteiger partial charge in [-0.2, -0.15) is 0 Å². The van der Waals surface area contributed by atoms with Crippen molar-refractivity contribution in [2.24, 2.45) is 0 Å². The molecule has 5 aromatic rings. The number of rotatable bonds is 7. The molecular formula is C31H26N2O3. The summed E-state index contributed by atoms with van der Waals surface area (Å²) in [6.07, 6.45) is 0.636. The van der Waals surface area contributed by atoms with Crippen molar-refractivity contribution in [2.45, 2.75) is 13.3 Å². The fraction of sp³-hybridized carbons (Fsp3) is 0.0968. The van der Waals surface area contributed by atoms with Crippen LogP contribution in [0.4, 0.5) is 0 Å². The topological polar surface area (TPSA) is 64.3 Å². The van der Waals surface area contributed by atoms with E-state index in [1.807, 2.05) is 84.9 Å². The highest BCUT2D eigenvalue weighted by Gasteiger charge is 2.23. The van der Waals surface area contributed by atoms with E-state index in [-0.39, 0.29) is 11.7 Å². The van der Waals surface area contributed by atoms with Gasteiger partial charge in [0, 0.05) is 30.2 Å². The largest absolute Gasteiger partial charge is 0.507 e. The average molecular weight is 475 g/mol. The van der Waals surface area contributed by atoms with Crippen molar-refractivity contribution >= 4 is 5.97 Å². The lowest BCUT2D eigenvalue weighted by atomic mass is 10.0. The highest BCUT2D eigenvalue weighted by atomic mass is 16.5. The molecule has 0 saturated carbocycles. The third kappa shape index (κ3) is 4.77. The van der Waals surface area contributed by atoms with Crippen molar-refractivity contribution < 1.29 is 14.6 Å². The minimum absolute atomic E-state index is 0.168.